The lowest BCUT2D eigenvalue weighted by molar-refractivity contribution is 0.102. The van der Waals surface area contributed by atoms with E-state index in [4.69, 9.17) is 9.47 Å². The van der Waals surface area contributed by atoms with Crippen molar-refractivity contribution < 1.29 is 22.7 Å². The van der Waals surface area contributed by atoms with Gasteiger partial charge in [-0.15, -0.1) is 0 Å². The smallest absolute Gasteiger partial charge is 0.255 e. The second kappa shape index (κ2) is 7.48. The number of sulfonamides is 1. The first-order chi connectivity index (χ1) is 12.8. The predicted octanol–water partition coefficient (Wildman–Crippen LogP) is 2.80. The molecular formula is C19H22N2O5S. The summed E-state index contributed by atoms with van der Waals surface area (Å²) in [6.07, 6.45) is 0.599. The van der Waals surface area contributed by atoms with Crippen LogP contribution in [0, 0.1) is 6.92 Å². The Morgan fingerprint density at radius 1 is 1.07 bits per heavy atom. The number of hydrogen-bond acceptors (Lipinski definition) is 5. The molecule has 7 nitrogen and oxygen atoms in total. The van der Waals surface area contributed by atoms with Gasteiger partial charge in [0.05, 0.1) is 25.7 Å². The number of nitrogens with zero attached hydrogens (tertiary/aromatic N) is 1. The third-order valence-corrected chi connectivity index (χ3v) is 6.34. The minimum atomic E-state index is -3.28. The summed E-state index contributed by atoms with van der Waals surface area (Å²) < 4.78 is 36.1. The van der Waals surface area contributed by atoms with E-state index in [0.717, 1.165) is 5.56 Å². The maximum Gasteiger partial charge on any atom is 0.255 e. The number of ether oxygens (including phenoxy) is 2. The second-order valence-corrected chi connectivity index (χ2v) is 8.31. The molecule has 0 radical (unpaired) electrons. The molecular weight excluding hydrogens is 368 g/mol. The van der Waals surface area contributed by atoms with Gasteiger partial charge in [-0.05, 0) is 43.2 Å². The molecule has 1 N–H and O–H groups in total. The van der Waals surface area contributed by atoms with E-state index in [1.54, 1.807) is 36.4 Å². The molecule has 8 heteroatoms. The Labute approximate surface area is 158 Å². The number of rotatable bonds is 5. The van der Waals surface area contributed by atoms with Gasteiger partial charge in [0.15, 0.2) is 0 Å². The molecule has 1 saturated heterocycles. The van der Waals surface area contributed by atoms with Crippen molar-refractivity contribution in [2.24, 2.45) is 0 Å². The molecule has 1 aliphatic rings. The van der Waals surface area contributed by atoms with Crippen LogP contribution in [0.1, 0.15) is 22.3 Å². The van der Waals surface area contributed by atoms with Gasteiger partial charge in [0.25, 0.3) is 5.91 Å². The van der Waals surface area contributed by atoms with E-state index >= 15 is 0 Å². The molecule has 3 rings (SSSR count). The summed E-state index contributed by atoms with van der Waals surface area (Å²) >= 11 is 0. The van der Waals surface area contributed by atoms with Crippen molar-refractivity contribution in [2.75, 3.05) is 36.1 Å². The Hall–Kier alpha value is -2.74. The van der Waals surface area contributed by atoms with Crippen molar-refractivity contribution in [3.05, 3.63) is 47.5 Å². The van der Waals surface area contributed by atoms with Gasteiger partial charge >= 0.3 is 0 Å². The average Bonchev–Trinajstić information content (AvgIpc) is 3.02. The van der Waals surface area contributed by atoms with Gasteiger partial charge in [-0.25, -0.2) is 8.42 Å². The lowest BCUT2D eigenvalue weighted by atomic mass is 10.1. The number of anilines is 2. The fourth-order valence-electron chi connectivity index (χ4n) is 2.96. The number of aryl methyl sites for hydroxylation is 1. The maximum atomic E-state index is 12.7. The van der Waals surface area contributed by atoms with Gasteiger partial charge in [0, 0.05) is 23.9 Å². The topological polar surface area (TPSA) is 84.9 Å². The molecule has 1 amide bonds. The summed E-state index contributed by atoms with van der Waals surface area (Å²) in [7, 11) is -0.252. The lowest BCUT2D eigenvalue weighted by Gasteiger charge is -2.19. The van der Waals surface area contributed by atoms with Crippen LogP contribution in [0.2, 0.25) is 0 Å². The second-order valence-electron chi connectivity index (χ2n) is 6.30. The first kappa shape index (κ1) is 19.0. The number of amides is 1. The van der Waals surface area contributed by atoms with Crippen molar-refractivity contribution in [2.45, 2.75) is 13.3 Å². The fourth-order valence-corrected chi connectivity index (χ4v) is 4.52. The molecule has 0 atom stereocenters. The van der Waals surface area contributed by atoms with Gasteiger partial charge in [-0.1, -0.05) is 6.07 Å². The van der Waals surface area contributed by atoms with Crippen LogP contribution < -0.4 is 19.1 Å². The summed E-state index contributed by atoms with van der Waals surface area (Å²) in [6, 6.07) is 10.1. The summed E-state index contributed by atoms with van der Waals surface area (Å²) in [5, 5.41) is 2.85. The monoisotopic (exact) mass is 390 g/mol. The minimum absolute atomic E-state index is 0.145. The number of methoxy groups -OCH3 is 2. The Morgan fingerprint density at radius 2 is 1.74 bits per heavy atom. The summed E-state index contributed by atoms with van der Waals surface area (Å²) in [5.41, 5.74) is 2.32. The third-order valence-electron chi connectivity index (χ3n) is 4.47. The third kappa shape index (κ3) is 4.00. The molecule has 1 heterocycles. The van der Waals surface area contributed by atoms with E-state index < -0.39 is 10.0 Å². The molecule has 1 fully saturated rings. The van der Waals surface area contributed by atoms with Crippen molar-refractivity contribution in [3.8, 4) is 11.5 Å². The van der Waals surface area contributed by atoms with Crippen molar-refractivity contribution in [3.63, 3.8) is 0 Å². The number of nitrogens with one attached hydrogen (secondary N) is 1. The highest BCUT2D eigenvalue weighted by molar-refractivity contribution is 7.93. The highest BCUT2D eigenvalue weighted by Gasteiger charge is 2.28. The first-order valence-electron chi connectivity index (χ1n) is 8.49. The largest absolute Gasteiger partial charge is 0.497 e. The molecule has 0 aromatic heterocycles. The molecule has 0 unspecified atom stereocenters. The van der Waals surface area contributed by atoms with Crippen LogP contribution in [0.5, 0.6) is 11.5 Å². The number of carbonyl (C=O) groups is 1. The fraction of sp³-hybridized carbons (Fsp3) is 0.316. The average molecular weight is 390 g/mol. The van der Waals surface area contributed by atoms with Crippen molar-refractivity contribution >= 4 is 27.3 Å². The maximum absolute atomic E-state index is 12.7. The zero-order valence-corrected chi connectivity index (χ0v) is 16.3. The predicted molar refractivity (Wildman–Crippen MR) is 104 cm³/mol. The molecule has 0 bridgehead atoms. The van der Waals surface area contributed by atoms with Crippen molar-refractivity contribution in [1.82, 2.24) is 0 Å². The Balaban J connectivity index is 1.89. The molecule has 144 valence electrons. The van der Waals surface area contributed by atoms with Gasteiger partial charge in [-0.3, -0.25) is 9.10 Å². The van der Waals surface area contributed by atoms with Gasteiger partial charge in [-0.2, -0.15) is 0 Å². The van der Waals surface area contributed by atoms with Crippen LogP contribution in [-0.4, -0.2) is 40.8 Å². The molecule has 2 aromatic carbocycles. The number of carbonyl (C=O) groups excluding carboxylic acids is 1. The molecule has 27 heavy (non-hydrogen) atoms. The SMILES string of the molecule is COc1cc(OC)cc(C(=O)Nc2cc(N3CCCS3(=O)=O)ccc2C)c1. The van der Waals surface area contributed by atoms with Gasteiger partial charge in [0.1, 0.15) is 11.5 Å². The first-order valence-corrected chi connectivity index (χ1v) is 10.1. The molecule has 2 aromatic rings. The van der Waals surface area contributed by atoms with Gasteiger partial charge in [0.2, 0.25) is 10.0 Å². The highest BCUT2D eigenvalue weighted by atomic mass is 32.2. The highest BCUT2D eigenvalue weighted by Crippen LogP contribution is 2.29. The minimum Gasteiger partial charge on any atom is -0.497 e. The molecule has 0 saturated carbocycles. The summed E-state index contributed by atoms with van der Waals surface area (Å²) in [6.45, 7) is 2.30. The van der Waals surface area contributed by atoms with Crippen LogP contribution in [0.3, 0.4) is 0 Å². The Morgan fingerprint density at radius 3 is 2.30 bits per heavy atom. The summed E-state index contributed by atoms with van der Waals surface area (Å²) in [4.78, 5) is 12.7. The quantitative estimate of drug-likeness (QED) is 0.849. The normalized spacial score (nSPS) is 15.4. The van der Waals surface area contributed by atoms with Crippen LogP contribution >= 0.6 is 0 Å². The van der Waals surface area contributed by atoms with Gasteiger partial charge < -0.3 is 14.8 Å². The number of hydrogen-bond donors (Lipinski definition) is 1. The van der Waals surface area contributed by atoms with Crippen LogP contribution in [0.25, 0.3) is 0 Å². The van der Waals surface area contributed by atoms with Crippen molar-refractivity contribution in [1.29, 1.82) is 0 Å². The lowest BCUT2D eigenvalue weighted by Crippen LogP contribution is -2.25. The number of benzene rings is 2. The van der Waals surface area contributed by atoms with E-state index in [2.05, 4.69) is 5.32 Å². The Bertz CT molecular complexity index is 950. The van der Waals surface area contributed by atoms with E-state index in [-0.39, 0.29) is 11.7 Å². The van der Waals surface area contributed by atoms with E-state index in [1.807, 2.05) is 6.92 Å². The van der Waals surface area contributed by atoms with Crippen LogP contribution in [-0.2, 0) is 10.0 Å². The van der Waals surface area contributed by atoms with Crippen LogP contribution in [0.15, 0.2) is 36.4 Å². The zero-order chi connectivity index (χ0) is 19.6. The van der Waals surface area contributed by atoms with Crippen LogP contribution in [0.4, 0.5) is 11.4 Å². The summed E-state index contributed by atoms with van der Waals surface area (Å²) in [5.74, 6) is 0.824. The zero-order valence-electron chi connectivity index (χ0n) is 15.5. The molecule has 0 aliphatic carbocycles. The van der Waals surface area contributed by atoms with E-state index in [1.165, 1.54) is 18.5 Å². The standard InChI is InChI=1S/C19H22N2O5S/c1-13-5-6-15(21-7-4-8-27(21,23)24)11-18(13)20-19(22)14-9-16(25-2)12-17(10-14)26-3/h5-6,9-12H,4,7-8H2,1-3H3,(H,20,22). The van der Waals surface area contributed by atoms with E-state index in [9.17, 15) is 13.2 Å². The molecule has 0 spiro atoms. The molecule has 1 aliphatic heterocycles. The Kier molecular flexibility index (Phi) is 5.27. The van der Waals surface area contributed by atoms with E-state index in [0.29, 0.717) is 41.4 Å².